The van der Waals surface area contributed by atoms with Crippen LogP contribution in [-0.2, 0) is 0 Å². The van der Waals surface area contributed by atoms with Crippen molar-refractivity contribution < 1.29 is 4.39 Å². The summed E-state index contributed by atoms with van der Waals surface area (Å²) in [5.74, 6) is 0.872. The summed E-state index contributed by atoms with van der Waals surface area (Å²) in [6, 6.07) is 7.29. The van der Waals surface area contributed by atoms with E-state index in [1.807, 2.05) is 6.07 Å². The topological polar surface area (TPSA) is 29.3 Å². The molecule has 2 N–H and O–H groups in total. The quantitative estimate of drug-likeness (QED) is 0.889. The van der Waals surface area contributed by atoms with Crippen LogP contribution in [0.4, 0.5) is 4.39 Å². The van der Waals surface area contributed by atoms with Crippen LogP contribution in [0.25, 0.3) is 0 Å². The van der Waals surface area contributed by atoms with Gasteiger partial charge in [0.2, 0.25) is 0 Å². The van der Waals surface area contributed by atoms with Crippen LogP contribution in [0.3, 0.4) is 0 Å². The Bertz CT molecular complexity index is 449. The molecule has 0 radical (unpaired) electrons. The Kier molecular flexibility index (Phi) is 5.77. The van der Waals surface area contributed by atoms with Gasteiger partial charge in [0.1, 0.15) is 5.82 Å². The average molecular weight is 292 g/mol. The summed E-state index contributed by atoms with van der Waals surface area (Å²) in [6.07, 6.45) is 5.24. The van der Waals surface area contributed by atoms with Crippen molar-refractivity contribution in [1.29, 1.82) is 0 Å². The van der Waals surface area contributed by atoms with Gasteiger partial charge in [0.15, 0.2) is 0 Å². The first-order valence-electron chi connectivity index (χ1n) is 8.19. The van der Waals surface area contributed by atoms with E-state index in [4.69, 9.17) is 5.73 Å². The molecule has 0 aromatic heterocycles. The Morgan fingerprint density at radius 3 is 2.71 bits per heavy atom. The van der Waals surface area contributed by atoms with Gasteiger partial charge in [-0.15, -0.1) is 0 Å². The molecule has 1 aliphatic carbocycles. The van der Waals surface area contributed by atoms with Crippen molar-refractivity contribution in [3.05, 3.63) is 35.6 Å². The van der Waals surface area contributed by atoms with Gasteiger partial charge in [-0.1, -0.05) is 44.9 Å². The van der Waals surface area contributed by atoms with Crippen molar-refractivity contribution in [1.82, 2.24) is 4.90 Å². The molecule has 2 rings (SSSR count). The Morgan fingerprint density at radius 1 is 1.33 bits per heavy atom. The summed E-state index contributed by atoms with van der Waals surface area (Å²) in [4.78, 5) is 2.43. The maximum absolute atomic E-state index is 13.9. The lowest BCUT2D eigenvalue weighted by molar-refractivity contribution is 0.140. The molecule has 1 aromatic rings. The van der Waals surface area contributed by atoms with E-state index in [-0.39, 0.29) is 17.8 Å². The fraction of sp³-hybridized carbons (Fsp3) is 0.667. The van der Waals surface area contributed by atoms with Crippen molar-refractivity contribution in [3.8, 4) is 0 Å². The number of halogens is 1. The lowest BCUT2D eigenvalue weighted by Crippen LogP contribution is -2.40. The van der Waals surface area contributed by atoms with E-state index in [2.05, 4.69) is 25.8 Å². The molecule has 1 aromatic carbocycles. The number of hydrogen-bond donors (Lipinski definition) is 1. The highest BCUT2D eigenvalue weighted by molar-refractivity contribution is 5.21. The molecule has 3 heteroatoms. The van der Waals surface area contributed by atoms with Crippen LogP contribution in [0, 0.1) is 17.7 Å². The second kappa shape index (κ2) is 7.37. The largest absolute Gasteiger partial charge is 0.324 e. The Morgan fingerprint density at radius 2 is 2.05 bits per heavy atom. The number of nitrogens with zero attached hydrogens (tertiary/aromatic N) is 1. The van der Waals surface area contributed by atoms with E-state index in [1.54, 1.807) is 12.1 Å². The molecule has 2 nitrogen and oxygen atoms in total. The molecule has 118 valence electrons. The molecule has 21 heavy (non-hydrogen) atoms. The third kappa shape index (κ3) is 4.27. The number of nitrogens with two attached hydrogens (primary N) is 1. The van der Waals surface area contributed by atoms with Gasteiger partial charge in [0, 0.05) is 24.2 Å². The maximum atomic E-state index is 13.9. The number of rotatable bonds is 5. The summed E-state index contributed by atoms with van der Waals surface area (Å²) in [6.45, 7) is 5.39. The SMILES string of the molecule is CC1CCCC(N(C)CC(C)C(N)c2ccccc2F)C1. The summed E-state index contributed by atoms with van der Waals surface area (Å²) in [5, 5.41) is 0. The smallest absolute Gasteiger partial charge is 0.127 e. The van der Waals surface area contributed by atoms with E-state index in [9.17, 15) is 4.39 Å². The highest BCUT2D eigenvalue weighted by Crippen LogP contribution is 2.29. The van der Waals surface area contributed by atoms with E-state index in [0.717, 1.165) is 12.5 Å². The van der Waals surface area contributed by atoms with Gasteiger partial charge in [-0.05, 0) is 37.8 Å². The third-order valence-electron chi connectivity index (χ3n) is 4.99. The van der Waals surface area contributed by atoms with E-state index >= 15 is 0 Å². The second-order valence-corrected chi connectivity index (χ2v) is 6.89. The van der Waals surface area contributed by atoms with Crippen molar-refractivity contribution >= 4 is 0 Å². The predicted molar refractivity (Wildman–Crippen MR) is 86.5 cm³/mol. The zero-order chi connectivity index (χ0) is 15.4. The molecule has 4 atom stereocenters. The van der Waals surface area contributed by atoms with Crippen molar-refractivity contribution in [3.63, 3.8) is 0 Å². The normalized spacial score (nSPS) is 25.8. The molecular weight excluding hydrogens is 263 g/mol. The number of benzene rings is 1. The summed E-state index contributed by atoms with van der Waals surface area (Å²) >= 11 is 0. The first-order valence-corrected chi connectivity index (χ1v) is 8.19. The molecule has 0 bridgehead atoms. The fourth-order valence-electron chi connectivity index (χ4n) is 3.57. The van der Waals surface area contributed by atoms with E-state index < -0.39 is 0 Å². The summed E-state index contributed by atoms with van der Waals surface area (Å²) in [5.41, 5.74) is 6.91. The minimum Gasteiger partial charge on any atom is -0.324 e. The van der Waals surface area contributed by atoms with Crippen molar-refractivity contribution in [2.75, 3.05) is 13.6 Å². The lowest BCUT2D eigenvalue weighted by atomic mass is 9.85. The van der Waals surface area contributed by atoms with Crippen LogP contribution >= 0.6 is 0 Å². The predicted octanol–water partition coefficient (Wildman–Crippen LogP) is 3.97. The van der Waals surface area contributed by atoms with Gasteiger partial charge in [-0.2, -0.15) is 0 Å². The zero-order valence-electron chi connectivity index (χ0n) is 13.6. The lowest BCUT2D eigenvalue weighted by Gasteiger charge is -2.36. The minimum absolute atomic E-state index is 0.189. The van der Waals surface area contributed by atoms with Gasteiger partial charge in [-0.25, -0.2) is 4.39 Å². The summed E-state index contributed by atoms with van der Waals surface area (Å²) < 4.78 is 13.9. The third-order valence-corrected chi connectivity index (χ3v) is 4.99. The van der Waals surface area contributed by atoms with Crippen LogP contribution < -0.4 is 5.73 Å². The van der Waals surface area contributed by atoms with E-state index in [1.165, 1.54) is 31.7 Å². The van der Waals surface area contributed by atoms with Gasteiger partial charge < -0.3 is 10.6 Å². The molecule has 0 heterocycles. The molecule has 0 spiro atoms. The summed E-state index contributed by atoms with van der Waals surface area (Å²) in [7, 11) is 2.19. The molecule has 0 amide bonds. The first kappa shape index (κ1) is 16.4. The van der Waals surface area contributed by atoms with Crippen LogP contribution in [-0.4, -0.2) is 24.5 Å². The van der Waals surface area contributed by atoms with Crippen LogP contribution in [0.1, 0.15) is 51.1 Å². The molecule has 4 unspecified atom stereocenters. The molecule has 1 saturated carbocycles. The van der Waals surface area contributed by atoms with Gasteiger partial charge in [0.05, 0.1) is 0 Å². The van der Waals surface area contributed by atoms with Gasteiger partial charge in [0.25, 0.3) is 0 Å². The number of hydrogen-bond acceptors (Lipinski definition) is 2. The Hall–Kier alpha value is -0.930. The molecular formula is C18H29FN2. The van der Waals surface area contributed by atoms with E-state index in [0.29, 0.717) is 11.6 Å². The first-order chi connectivity index (χ1) is 9.99. The maximum Gasteiger partial charge on any atom is 0.127 e. The van der Waals surface area contributed by atoms with Gasteiger partial charge in [-0.3, -0.25) is 0 Å². The molecule has 0 saturated heterocycles. The van der Waals surface area contributed by atoms with Crippen molar-refractivity contribution in [2.24, 2.45) is 17.6 Å². The monoisotopic (exact) mass is 292 g/mol. The van der Waals surface area contributed by atoms with Crippen molar-refractivity contribution in [2.45, 2.75) is 51.6 Å². The van der Waals surface area contributed by atoms with Crippen LogP contribution in [0.5, 0.6) is 0 Å². The highest BCUT2D eigenvalue weighted by Gasteiger charge is 2.25. The molecule has 0 aliphatic heterocycles. The van der Waals surface area contributed by atoms with Gasteiger partial charge >= 0.3 is 0 Å². The average Bonchev–Trinajstić information content (AvgIpc) is 2.47. The van der Waals surface area contributed by atoms with Crippen LogP contribution in [0.15, 0.2) is 24.3 Å². The Labute approximate surface area is 128 Å². The zero-order valence-corrected chi connectivity index (χ0v) is 13.6. The minimum atomic E-state index is -0.241. The molecule has 1 fully saturated rings. The standard InChI is InChI=1S/C18H29FN2/c1-13-7-6-8-15(11-13)21(3)12-14(2)18(20)16-9-4-5-10-17(16)19/h4-5,9-10,13-15,18H,6-8,11-12,20H2,1-3H3. The molecule has 1 aliphatic rings. The second-order valence-electron chi connectivity index (χ2n) is 6.89. The fourth-order valence-corrected chi connectivity index (χ4v) is 3.57. The van der Waals surface area contributed by atoms with Crippen LogP contribution in [0.2, 0.25) is 0 Å². The Balaban J connectivity index is 1.94. The highest BCUT2D eigenvalue weighted by atomic mass is 19.1.